The summed E-state index contributed by atoms with van der Waals surface area (Å²) in [4.78, 5) is 2.12. The highest BCUT2D eigenvalue weighted by atomic mass is 31.0. The number of hydrogen-bond acceptors (Lipinski definition) is 3. The van der Waals surface area contributed by atoms with Crippen molar-refractivity contribution in [1.82, 2.24) is 9.78 Å². The van der Waals surface area contributed by atoms with Crippen LogP contribution in [0.25, 0.3) is 0 Å². The number of piperidine rings is 1. The third kappa shape index (κ3) is 3.03. The molecule has 3 rings (SSSR count). The van der Waals surface area contributed by atoms with E-state index in [0.29, 0.717) is 11.7 Å². The summed E-state index contributed by atoms with van der Waals surface area (Å²) < 4.78 is 16.2. The Morgan fingerprint density at radius 2 is 2.10 bits per heavy atom. The van der Waals surface area contributed by atoms with Crippen LogP contribution < -0.4 is 9.99 Å². The molecule has 112 valence electrons. The van der Waals surface area contributed by atoms with E-state index in [1.54, 1.807) is 0 Å². The minimum Gasteiger partial charge on any atom is -0.369 e. The molecule has 1 fully saturated rings. The van der Waals surface area contributed by atoms with Gasteiger partial charge in [0.05, 0.1) is 17.9 Å². The normalized spacial score (nSPS) is 16.2. The number of aryl methyl sites for hydroxylation is 1. The summed E-state index contributed by atoms with van der Waals surface area (Å²) in [6, 6.07) is 5.70. The smallest absolute Gasteiger partial charge is 0.148 e. The van der Waals surface area contributed by atoms with Crippen LogP contribution in [0.3, 0.4) is 0 Å². The largest absolute Gasteiger partial charge is 0.369 e. The van der Waals surface area contributed by atoms with Gasteiger partial charge in [-0.05, 0) is 52.9 Å². The maximum Gasteiger partial charge on any atom is 0.148 e. The van der Waals surface area contributed by atoms with Crippen LogP contribution >= 0.6 is 9.39 Å². The van der Waals surface area contributed by atoms with Crippen LogP contribution in [0.4, 0.5) is 15.8 Å². The summed E-state index contributed by atoms with van der Waals surface area (Å²) >= 11 is 0. The summed E-state index contributed by atoms with van der Waals surface area (Å²) in [5.41, 5.74) is 2.64. The number of benzene rings is 1. The lowest BCUT2D eigenvalue weighted by Gasteiger charge is -2.34. The van der Waals surface area contributed by atoms with Crippen LogP contribution in [-0.2, 0) is 0 Å². The Labute approximate surface area is 126 Å². The summed E-state index contributed by atoms with van der Waals surface area (Å²) in [6.45, 7) is 3.76. The van der Waals surface area contributed by atoms with Gasteiger partial charge < -0.3 is 9.99 Å². The van der Waals surface area contributed by atoms with Gasteiger partial charge in [0.1, 0.15) is 5.82 Å². The molecule has 4 nitrogen and oxygen atoms in total. The number of aromatic nitrogens is 2. The van der Waals surface area contributed by atoms with Crippen molar-refractivity contribution < 1.29 is 4.39 Å². The number of nitrogens with zero attached hydrogens (tertiary/aromatic N) is 3. The fourth-order valence-corrected chi connectivity index (χ4v) is 3.04. The maximum absolute atomic E-state index is 14.1. The Morgan fingerprint density at radius 3 is 2.67 bits per heavy atom. The standard InChI is InChI=1S/C15H20FN4P/c1-11-9-17-20(10-11)13-4-6-19(7-5-13)15-3-2-12(18-21)8-14(15)16/h2-3,8-10,13,18H,4-7,21H2,1H3. The molecule has 0 amide bonds. The van der Waals surface area contributed by atoms with Gasteiger partial charge >= 0.3 is 0 Å². The third-order valence-electron chi connectivity index (χ3n) is 4.02. The molecule has 1 aliphatic heterocycles. The number of nitrogens with one attached hydrogen (secondary N) is 1. The second kappa shape index (κ2) is 6.02. The van der Waals surface area contributed by atoms with Crippen molar-refractivity contribution in [3.8, 4) is 0 Å². The second-order valence-electron chi connectivity index (χ2n) is 5.53. The van der Waals surface area contributed by atoms with E-state index in [0.717, 1.165) is 31.6 Å². The van der Waals surface area contributed by atoms with Crippen molar-refractivity contribution in [3.63, 3.8) is 0 Å². The van der Waals surface area contributed by atoms with Crippen molar-refractivity contribution in [3.05, 3.63) is 42.0 Å². The average Bonchev–Trinajstić information content (AvgIpc) is 2.94. The monoisotopic (exact) mass is 306 g/mol. The van der Waals surface area contributed by atoms with Gasteiger partial charge in [0.15, 0.2) is 0 Å². The van der Waals surface area contributed by atoms with Gasteiger partial charge in [-0.2, -0.15) is 5.10 Å². The number of rotatable bonds is 3. The molecule has 1 saturated heterocycles. The molecule has 1 unspecified atom stereocenters. The fourth-order valence-electron chi connectivity index (χ4n) is 2.86. The fraction of sp³-hybridized carbons (Fsp3) is 0.400. The number of anilines is 2. The average molecular weight is 306 g/mol. The predicted octanol–water partition coefficient (Wildman–Crippen LogP) is 3.37. The third-order valence-corrected chi connectivity index (χ3v) is 4.36. The van der Waals surface area contributed by atoms with Gasteiger partial charge in [-0.3, -0.25) is 4.68 Å². The summed E-state index contributed by atoms with van der Waals surface area (Å²) in [5, 5.41) is 7.27. The maximum atomic E-state index is 14.1. The SMILES string of the molecule is Cc1cnn(C2CCN(c3ccc(NP)cc3F)CC2)c1. The van der Waals surface area contributed by atoms with Crippen molar-refractivity contribution >= 4 is 20.8 Å². The van der Waals surface area contributed by atoms with E-state index in [9.17, 15) is 4.39 Å². The first-order valence-corrected chi connectivity index (χ1v) is 7.77. The van der Waals surface area contributed by atoms with Crippen molar-refractivity contribution in [1.29, 1.82) is 0 Å². The van der Waals surface area contributed by atoms with Gasteiger partial charge in [-0.1, -0.05) is 0 Å². The molecule has 0 bridgehead atoms. The number of halogens is 1. The van der Waals surface area contributed by atoms with Crippen LogP contribution in [0.5, 0.6) is 0 Å². The summed E-state index contributed by atoms with van der Waals surface area (Å²) in [7, 11) is 2.38. The first-order chi connectivity index (χ1) is 10.2. The van der Waals surface area contributed by atoms with Crippen LogP contribution in [-0.4, -0.2) is 22.9 Å². The van der Waals surface area contributed by atoms with Gasteiger partial charge in [-0.25, -0.2) is 4.39 Å². The molecule has 0 aliphatic carbocycles. The quantitative estimate of drug-likeness (QED) is 0.883. The zero-order chi connectivity index (χ0) is 14.8. The van der Waals surface area contributed by atoms with Crippen molar-refractivity contribution in [2.75, 3.05) is 23.1 Å². The molecule has 1 N–H and O–H groups in total. The van der Waals surface area contributed by atoms with E-state index in [1.165, 1.54) is 11.6 Å². The Bertz CT molecular complexity index is 620. The Kier molecular flexibility index (Phi) is 4.11. The zero-order valence-electron chi connectivity index (χ0n) is 12.1. The molecule has 1 aromatic heterocycles. The van der Waals surface area contributed by atoms with E-state index < -0.39 is 0 Å². The van der Waals surface area contributed by atoms with Crippen molar-refractivity contribution in [2.24, 2.45) is 0 Å². The minimum absolute atomic E-state index is 0.171. The predicted molar refractivity (Wildman–Crippen MR) is 87.2 cm³/mol. The van der Waals surface area contributed by atoms with Gasteiger partial charge in [0.25, 0.3) is 0 Å². The number of hydrogen-bond donors (Lipinski definition) is 1. The van der Waals surface area contributed by atoms with Crippen molar-refractivity contribution in [2.45, 2.75) is 25.8 Å². The molecular formula is C15H20FN4P. The summed E-state index contributed by atoms with van der Waals surface area (Å²) in [5.74, 6) is -0.171. The van der Waals surface area contributed by atoms with E-state index in [4.69, 9.17) is 0 Å². The van der Waals surface area contributed by atoms with E-state index in [1.807, 2.05) is 23.0 Å². The van der Waals surface area contributed by atoms with Crippen LogP contribution in [0.15, 0.2) is 30.6 Å². The van der Waals surface area contributed by atoms with Crippen LogP contribution in [0, 0.1) is 12.7 Å². The Hall–Kier alpha value is -1.61. The highest BCUT2D eigenvalue weighted by Crippen LogP contribution is 2.29. The van der Waals surface area contributed by atoms with Gasteiger partial charge in [-0.15, -0.1) is 0 Å². The lowest BCUT2D eigenvalue weighted by molar-refractivity contribution is 0.365. The highest BCUT2D eigenvalue weighted by Gasteiger charge is 2.22. The van der Waals surface area contributed by atoms with Crippen LogP contribution in [0.1, 0.15) is 24.4 Å². The van der Waals surface area contributed by atoms with Gasteiger partial charge in [0, 0.05) is 25.0 Å². The molecule has 0 saturated carbocycles. The molecule has 1 atom stereocenters. The summed E-state index contributed by atoms with van der Waals surface area (Å²) in [6.07, 6.45) is 5.95. The topological polar surface area (TPSA) is 33.1 Å². The lowest BCUT2D eigenvalue weighted by Crippen LogP contribution is -2.35. The highest BCUT2D eigenvalue weighted by molar-refractivity contribution is 7.18. The molecule has 0 spiro atoms. The molecule has 0 radical (unpaired) electrons. The first-order valence-electron chi connectivity index (χ1n) is 7.19. The first kappa shape index (κ1) is 14.3. The molecular weight excluding hydrogens is 286 g/mol. The van der Waals surface area contributed by atoms with E-state index >= 15 is 0 Å². The zero-order valence-corrected chi connectivity index (χ0v) is 13.2. The molecule has 2 aromatic rings. The minimum atomic E-state index is -0.171. The Balaban J connectivity index is 1.68. The molecule has 1 aromatic carbocycles. The second-order valence-corrected chi connectivity index (χ2v) is 5.82. The molecule has 6 heteroatoms. The molecule has 2 heterocycles. The van der Waals surface area contributed by atoms with E-state index in [-0.39, 0.29) is 5.82 Å². The molecule has 21 heavy (non-hydrogen) atoms. The lowest BCUT2D eigenvalue weighted by atomic mass is 10.0. The Morgan fingerprint density at radius 1 is 1.33 bits per heavy atom. The molecule has 1 aliphatic rings. The van der Waals surface area contributed by atoms with Gasteiger partial charge in [0.2, 0.25) is 0 Å². The van der Waals surface area contributed by atoms with E-state index in [2.05, 4.69) is 37.6 Å². The van der Waals surface area contributed by atoms with Crippen LogP contribution in [0.2, 0.25) is 0 Å².